The number of allylic oxidation sites excluding steroid dienone is 1. The molecule has 1 aliphatic rings. The van der Waals surface area contributed by atoms with E-state index in [0.29, 0.717) is 28.4 Å². The van der Waals surface area contributed by atoms with Crippen LogP contribution >= 0.6 is 0 Å². The van der Waals surface area contributed by atoms with E-state index in [1.54, 1.807) is 49.6 Å². The zero-order valence-corrected chi connectivity index (χ0v) is 16.9. The Bertz CT molecular complexity index is 1130. The number of carbonyl (C=O) groups excluding carboxylic acids is 2. The lowest BCUT2D eigenvalue weighted by atomic mass is 10.1. The van der Waals surface area contributed by atoms with Gasteiger partial charge in [0.25, 0.3) is 0 Å². The molecule has 0 radical (unpaired) electrons. The van der Waals surface area contributed by atoms with Gasteiger partial charge in [-0.25, -0.2) is 4.79 Å². The summed E-state index contributed by atoms with van der Waals surface area (Å²) in [6.07, 6.45) is 1.60. The SMILES string of the molecule is COc1ccc2c(c1)O/C(=C\c1ccccc1OCC(=O)OCc1ccccc1)C2=O. The maximum absolute atomic E-state index is 12.6. The molecule has 6 heteroatoms. The highest BCUT2D eigenvalue weighted by molar-refractivity contribution is 6.14. The largest absolute Gasteiger partial charge is 0.497 e. The number of Topliss-reactive ketones (excluding diaryl/α,β-unsaturated/α-hetero) is 1. The lowest BCUT2D eigenvalue weighted by Gasteiger charge is -2.10. The van der Waals surface area contributed by atoms with Crippen molar-refractivity contribution in [3.63, 3.8) is 0 Å². The third kappa shape index (κ3) is 4.75. The van der Waals surface area contributed by atoms with Crippen molar-refractivity contribution in [2.45, 2.75) is 6.61 Å². The van der Waals surface area contributed by atoms with E-state index in [9.17, 15) is 9.59 Å². The number of hydrogen-bond acceptors (Lipinski definition) is 6. The minimum Gasteiger partial charge on any atom is -0.497 e. The topological polar surface area (TPSA) is 71.1 Å². The molecule has 1 aliphatic heterocycles. The Balaban J connectivity index is 1.43. The molecule has 6 nitrogen and oxygen atoms in total. The number of para-hydroxylation sites is 1. The second-order valence-electron chi connectivity index (χ2n) is 6.77. The predicted molar refractivity (Wildman–Crippen MR) is 114 cm³/mol. The number of methoxy groups -OCH3 is 1. The molecule has 0 amide bonds. The van der Waals surface area contributed by atoms with Crippen LogP contribution in [-0.4, -0.2) is 25.5 Å². The summed E-state index contributed by atoms with van der Waals surface area (Å²) in [6.45, 7) is -0.0714. The summed E-state index contributed by atoms with van der Waals surface area (Å²) < 4.78 is 21.8. The van der Waals surface area contributed by atoms with Crippen LogP contribution in [0.25, 0.3) is 6.08 Å². The predicted octanol–water partition coefficient (Wildman–Crippen LogP) is 4.43. The summed E-state index contributed by atoms with van der Waals surface area (Å²) in [6, 6.07) is 21.5. The van der Waals surface area contributed by atoms with Gasteiger partial charge in [0.15, 0.2) is 12.4 Å². The quantitative estimate of drug-likeness (QED) is 0.419. The van der Waals surface area contributed by atoms with Crippen molar-refractivity contribution in [2.75, 3.05) is 13.7 Å². The Kier molecular flexibility index (Phi) is 5.98. The third-order valence-electron chi connectivity index (χ3n) is 4.67. The van der Waals surface area contributed by atoms with E-state index in [-0.39, 0.29) is 24.8 Å². The number of carbonyl (C=O) groups is 2. The minimum atomic E-state index is -0.487. The molecule has 0 aromatic heterocycles. The van der Waals surface area contributed by atoms with E-state index < -0.39 is 5.97 Å². The number of benzene rings is 3. The van der Waals surface area contributed by atoms with E-state index in [0.717, 1.165) is 5.56 Å². The van der Waals surface area contributed by atoms with Crippen LogP contribution in [0.1, 0.15) is 21.5 Å². The number of ketones is 1. The van der Waals surface area contributed by atoms with Crippen LogP contribution in [0.3, 0.4) is 0 Å². The highest BCUT2D eigenvalue weighted by Gasteiger charge is 2.28. The number of ether oxygens (including phenoxy) is 4. The van der Waals surface area contributed by atoms with E-state index in [1.165, 1.54) is 0 Å². The second-order valence-corrected chi connectivity index (χ2v) is 6.77. The van der Waals surface area contributed by atoms with Crippen LogP contribution in [-0.2, 0) is 16.1 Å². The van der Waals surface area contributed by atoms with Gasteiger partial charge in [0.05, 0.1) is 12.7 Å². The first-order chi connectivity index (χ1) is 15.1. The van der Waals surface area contributed by atoms with Crippen molar-refractivity contribution >= 4 is 17.8 Å². The monoisotopic (exact) mass is 416 g/mol. The van der Waals surface area contributed by atoms with E-state index in [1.807, 2.05) is 36.4 Å². The molecule has 3 aromatic rings. The number of rotatable bonds is 7. The highest BCUT2D eigenvalue weighted by Crippen LogP contribution is 2.35. The van der Waals surface area contributed by atoms with E-state index >= 15 is 0 Å². The molecule has 0 atom stereocenters. The van der Waals surface area contributed by atoms with Gasteiger partial charge in [0.1, 0.15) is 23.9 Å². The summed E-state index contributed by atoms with van der Waals surface area (Å²) in [5.41, 5.74) is 1.98. The number of fused-ring (bicyclic) bond motifs is 1. The molecule has 4 rings (SSSR count). The van der Waals surface area contributed by atoms with Crippen molar-refractivity contribution < 1.29 is 28.5 Å². The van der Waals surface area contributed by atoms with Crippen molar-refractivity contribution in [2.24, 2.45) is 0 Å². The molecule has 0 bridgehead atoms. The normalized spacial score (nSPS) is 13.5. The van der Waals surface area contributed by atoms with Crippen LogP contribution in [0.15, 0.2) is 78.6 Å². The molecule has 0 aliphatic carbocycles. The molecular weight excluding hydrogens is 396 g/mol. The molecule has 0 spiro atoms. The van der Waals surface area contributed by atoms with Crippen molar-refractivity contribution in [1.82, 2.24) is 0 Å². The summed E-state index contributed by atoms with van der Waals surface area (Å²) in [5, 5.41) is 0. The van der Waals surface area contributed by atoms with Gasteiger partial charge in [-0.15, -0.1) is 0 Å². The summed E-state index contributed by atoms with van der Waals surface area (Å²) in [7, 11) is 1.55. The fourth-order valence-corrected chi connectivity index (χ4v) is 3.08. The smallest absolute Gasteiger partial charge is 0.344 e. The molecular formula is C25H20O6. The Morgan fingerprint density at radius 3 is 2.58 bits per heavy atom. The minimum absolute atomic E-state index is 0.172. The van der Waals surface area contributed by atoms with Crippen LogP contribution in [0, 0.1) is 0 Å². The van der Waals surface area contributed by atoms with Crippen LogP contribution in [0.5, 0.6) is 17.2 Å². The first-order valence-electron chi connectivity index (χ1n) is 9.67. The van der Waals surface area contributed by atoms with Gasteiger partial charge in [0.2, 0.25) is 5.78 Å². The second kappa shape index (κ2) is 9.17. The van der Waals surface area contributed by atoms with Crippen molar-refractivity contribution in [3.05, 3.63) is 95.2 Å². The summed E-state index contributed by atoms with van der Waals surface area (Å²) >= 11 is 0. The lowest BCUT2D eigenvalue weighted by Crippen LogP contribution is -2.15. The molecule has 31 heavy (non-hydrogen) atoms. The van der Waals surface area contributed by atoms with Crippen LogP contribution in [0.2, 0.25) is 0 Å². The number of esters is 1. The van der Waals surface area contributed by atoms with Gasteiger partial charge in [-0.1, -0.05) is 48.5 Å². The molecule has 0 saturated carbocycles. The maximum Gasteiger partial charge on any atom is 0.344 e. The van der Waals surface area contributed by atoms with Gasteiger partial charge < -0.3 is 18.9 Å². The molecule has 0 N–H and O–H groups in total. The first-order valence-corrected chi connectivity index (χ1v) is 9.67. The fourth-order valence-electron chi connectivity index (χ4n) is 3.08. The third-order valence-corrected chi connectivity index (χ3v) is 4.67. The van der Waals surface area contributed by atoms with Gasteiger partial charge in [0, 0.05) is 11.6 Å². The van der Waals surface area contributed by atoms with Crippen molar-refractivity contribution in [1.29, 1.82) is 0 Å². The van der Waals surface area contributed by atoms with Gasteiger partial charge in [-0.3, -0.25) is 4.79 Å². The van der Waals surface area contributed by atoms with Gasteiger partial charge in [-0.05, 0) is 29.8 Å². The summed E-state index contributed by atoms with van der Waals surface area (Å²) in [4.78, 5) is 24.7. The zero-order valence-electron chi connectivity index (χ0n) is 16.9. The van der Waals surface area contributed by atoms with Crippen LogP contribution < -0.4 is 14.2 Å². The Morgan fingerprint density at radius 2 is 1.77 bits per heavy atom. The Morgan fingerprint density at radius 1 is 1.00 bits per heavy atom. The average molecular weight is 416 g/mol. The van der Waals surface area contributed by atoms with Gasteiger partial charge in [-0.2, -0.15) is 0 Å². The molecule has 0 unspecified atom stereocenters. The molecule has 1 heterocycles. The first kappa shape index (κ1) is 20.2. The number of hydrogen-bond donors (Lipinski definition) is 0. The Labute approximate surface area is 179 Å². The standard InChI is InChI=1S/C25H20O6/c1-28-19-11-12-20-22(14-19)31-23(25(20)27)13-18-9-5-6-10-21(18)29-16-24(26)30-15-17-7-3-2-4-8-17/h2-14H,15-16H2,1H3/b23-13-. The lowest BCUT2D eigenvalue weighted by molar-refractivity contribution is -0.147. The molecule has 156 valence electrons. The molecule has 3 aromatic carbocycles. The maximum atomic E-state index is 12.6. The van der Waals surface area contributed by atoms with E-state index in [4.69, 9.17) is 18.9 Å². The molecule has 0 saturated heterocycles. The van der Waals surface area contributed by atoms with Crippen LogP contribution in [0.4, 0.5) is 0 Å². The van der Waals surface area contributed by atoms with Crippen molar-refractivity contribution in [3.8, 4) is 17.2 Å². The molecule has 0 fully saturated rings. The zero-order chi connectivity index (χ0) is 21.6. The summed E-state index contributed by atoms with van der Waals surface area (Å²) in [5.74, 6) is 0.945. The Hall–Kier alpha value is -4.06. The fraction of sp³-hybridized carbons (Fsp3) is 0.120. The highest BCUT2D eigenvalue weighted by atomic mass is 16.6. The van der Waals surface area contributed by atoms with Gasteiger partial charge >= 0.3 is 5.97 Å². The average Bonchev–Trinajstić information content (AvgIpc) is 3.12. The van der Waals surface area contributed by atoms with E-state index in [2.05, 4.69) is 0 Å².